The molecule has 1 N–H and O–H groups in total. The quantitative estimate of drug-likeness (QED) is 0.334. The van der Waals surface area contributed by atoms with Gasteiger partial charge in [0, 0.05) is 7.05 Å². The number of carbonyl (C=O) groups excluding carboxylic acids is 1. The van der Waals surface area contributed by atoms with E-state index >= 15 is 0 Å². The Bertz CT molecular complexity index is 126. The molecule has 1 amide bonds. The second kappa shape index (κ2) is 4.20. The summed E-state index contributed by atoms with van der Waals surface area (Å²) in [7, 11) is 1.32. The van der Waals surface area contributed by atoms with Crippen LogP contribution in [0.5, 0.6) is 0 Å². The van der Waals surface area contributed by atoms with E-state index in [2.05, 4.69) is 22.7 Å². The van der Waals surface area contributed by atoms with Gasteiger partial charge in [0.2, 0.25) is 0 Å². The molecule has 0 heterocycles. The Morgan fingerprint density at radius 1 is 1.89 bits per heavy atom. The van der Waals surface area contributed by atoms with Crippen molar-refractivity contribution in [2.24, 2.45) is 0 Å². The number of rotatable bonds is 2. The molecule has 0 aliphatic rings. The number of carbonyl (C=O) groups is 1. The van der Waals surface area contributed by atoms with Crippen molar-refractivity contribution in [2.75, 3.05) is 13.7 Å². The maximum Gasteiger partial charge on any atom is 0.429 e. The molecule has 0 aromatic rings. The van der Waals surface area contributed by atoms with Gasteiger partial charge in [0.1, 0.15) is 6.61 Å². The average molecular weight is 147 g/mol. The van der Waals surface area contributed by atoms with Crippen molar-refractivity contribution in [3.8, 4) is 0 Å². The highest BCUT2D eigenvalue weighted by Crippen LogP contribution is 1.82. The van der Waals surface area contributed by atoms with Crippen LogP contribution in [0.25, 0.3) is 0 Å². The van der Waals surface area contributed by atoms with E-state index in [1.807, 2.05) is 0 Å². The van der Waals surface area contributed by atoms with Gasteiger partial charge in [-0.05, 0) is 0 Å². The van der Waals surface area contributed by atoms with Gasteiger partial charge in [0.15, 0.2) is 0 Å². The van der Waals surface area contributed by atoms with Gasteiger partial charge >= 0.3 is 6.09 Å². The molecular weight excluding hydrogens is 140 g/mol. The molecule has 9 heavy (non-hydrogen) atoms. The Balaban J connectivity index is 3.28. The lowest BCUT2D eigenvalue weighted by Gasteiger charge is -1.97. The molecule has 0 fully saturated rings. The summed E-state index contributed by atoms with van der Waals surface area (Å²) in [6, 6.07) is 0. The van der Waals surface area contributed by atoms with Crippen LogP contribution in [-0.4, -0.2) is 24.8 Å². The summed E-state index contributed by atoms with van der Waals surface area (Å²) in [5.74, 6) is 0. The fraction of sp³-hybridized carbons (Fsp3) is 0.500. The lowest BCUT2D eigenvalue weighted by atomic mass is 10.8. The first-order valence-corrected chi connectivity index (χ1v) is 2.64. The summed E-state index contributed by atoms with van der Waals surface area (Å²) >= 11 is 3.58. The number of hydrogen-bond donors (Lipinski definition) is 2. The van der Waals surface area contributed by atoms with Crippen molar-refractivity contribution in [1.82, 2.24) is 5.32 Å². The first kappa shape index (κ1) is 8.29. The van der Waals surface area contributed by atoms with Gasteiger partial charge < -0.3 is 4.74 Å². The van der Waals surface area contributed by atoms with Crippen molar-refractivity contribution >= 4 is 23.8 Å². The highest BCUT2D eigenvalue weighted by molar-refractivity contribution is 7.96. The number of hydrogen-bond acceptors (Lipinski definition) is 3. The van der Waals surface area contributed by atoms with Crippen LogP contribution in [0.1, 0.15) is 0 Å². The minimum Gasteiger partial charge on any atom is -0.441 e. The molecule has 0 aliphatic heterocycles. The predicted molar refractivity (Wildman–Crippen MR) is 36.1 cm³/mol. The molecule has 0 atom stereocenters. The van der Waals surface area contributed by atoms with Crippen LogP contribution in [0.15, 0.2) is 0 Å². The Morgan fingerprint density at radius 2 is 2.44 bits per heavy atom. The molecule has 5 heteroatoms. The van der Waals surface area contributed by atoms with Crippen molar-refractivity contribution in [2.45, 2.75) is 0 Å². The molecule has 51 valence electrons. The zero-order valence-corrected chi connectivity index (χ0v) is 5.81. The van der Waals surface area contributed by atoms with Gasteiger partial charge in [0.25, 0.3) is 0 Å². The van der Waals surface area contributed by atoms with E-state index in [0.717, 1.165) is 0 Å². The molecule has 0 bridgehead atoms. The smallest absolute Gasteiger partial charge is 0.429 e. The molecule has 0 saturated carbocycles. The van der Waals surface area contributed by atoms with Gasteiger partial charge in [-0.15, -0.1) is 12.6 Å². The first-order chi connectivity index (χ1) is 4.16. The third-order valence-electron chi connectivity index (χ3n) is 0.515. The predicted octanol–water partition coefficient (Wildman–Crippen LogP) is 0.264. The van der Waals surface area contributed by atoms with Crippen LogP contribution < -0.4 is 5.32 Å². The lowest BCUT2D eigenvalue weighted by molar-refractivity contribution is 0.164. The van der Waals surface area contributed by atoms with E-state index in [4.69, 9.17) is 5.41 Å². The molecule has 1 radical (unpaired) electrons. The third-order valence-corrected chi connectivity index (χ3v) is 0.644. The van der Waals surface area contributed by atoms with E-state index in [0.29, 0.717) is 0 Å². The zero-order chi connectivity index (χ0) is 7.28. The largest absolute Gasteiger partial charge is 0.441 e. The summed E-state index contributed by atoms with van der Waals surface area (Å²) in [5, 5.41) is 9.88. The van der Waals surface area contributed by atoms with Crippen LogP contribution >= 0.6 is 12.6 Å². The highest BCUT2D eigenvalue weighted by atomic mass is 32.1. The van der Waals surface area contributed by atoms with Crippen LogP contribution in [0.4, 0.5) is 4.79 Å². The van der Waals surface area contributed by atoms with E-state index in [1.54, 1.807) is 0 Å². The molecule has 4 nitrogen and oxygen atoms in total. The van der Waals surface area contributed by atoms with Crippen molar-refractivity contribution in [1.29, 1.82) is 5.41 Å². The normalized spacial score (nSPS) is 8.22. The summed E-state index contributed by atoms with van der Waals surface area (Å²) < 4.78 is 4.35. The number of nitrogens with zero attached hydrogens (tertiary/aromatic N) is 1. The minimum atomic E-state index is -0.672. The topological polar surface area (TPSA) is 64.2 Å². The summed E-state index contributed by atoms with van der Waals surface area (Å²) in [6.45, 7) is -0.0979. The van der Waals surface area contributed by atoms with E-state index in [1.165, 1.54) is 7.05 Å². The van der Waals surface area contributed by atoms with E-state index in [-0.39, 0.29) is 11.7 Å². The minimum absolute atomic E-state index is 0.00648. The maximum atomic E-state index is 10.2. The molecule has 0 aromatic heterocycles. The second-order valence-corrected chi connectivity index (χ2v) is 1.76. The Morgan fingerprint density at radius 3 is 2.78 bits per heavy atom. The van der Waals surface area contributed by atoms with Crippen LogP contribution in [-0.2, 0) is 4.74 Å². The maximum absolute atomic E-state index is 10.2. The second-order valence-electron chi connectivity index (χ2n) is 1.22. The standard InChI is InChI=1S/C4H7N2O2S/c1-6-4(7)8-2-3(5)9/h2H2,1H3,(H2,5,9). The Labute approximate surface area is 58.5 Å². The van der Waals surface area contributed by atoms with Crippen LogP contribution in [0.3, 0.4) is 0 Å². The van der Waals surface area contributed by atoms with Gasteiger partial charge in [-0.25, -0.2) is 10.1 Å². The molecule has 0 rings (SSSR count). The third kappa shape index (κ3) is 5.16. The van der Waals surface area contributed by atoms with Gasteiger partial charge in [-0.3, -0.25) is 5.41 Å². The summed E-state index contributed by atoms with van der Waals surface area (Å²) in [4.78, 5) is 10.2. The monoisotopic (exact) mass is 147 g/mol. The SMILES string of the molecule is C[N]C(=O)OCC(=N)S. The highest BCUT2D eigenvalue weighted by Gasteiger charge is 1.98. The molecule has 0 aromatic carbocycles. The van der Waals surface area contributed by atoms with E-state index in [9.17, 15) is 4.79 Å². The Kier molecular flexibility index (Phi) is 3.87. The number of thiol groups is 1. The molecule has 0 saturated heterocycles. The van der Waals surface area contributed by atoms with Crippen LogP contribution in [0.2, 0.25) is 0 Å². The zero-order valence-electron chi connectivity index (χ0n) is 4.92. The lowest BCUT2D eigenvalue weighted by Crippen LogP contribution is -2.15. The van der Waals surface area contributed by atoms with Gasteiger partial charge in [-0.1, -0.05) is 0 Å². The fourth-order valence-electron chi connectivity index (χ4n) is 0.195. The molecule has 0 spiro atoms. The van der Waals surface area contributed by atoms with Crippen molar-refractivity contribution < 1.29 is 9.53 Å². The Hall–Kier alpha value is -0.710. The summed E-state index contributed by atoms with van der Waals surface area (Å²) in [5.41, 5.74) is 0. The van der Waals surface area contributed by atoms with Gasteiger partial charge in [0.05, 0.1) is 5.04 Å². The van der Waals surface area contributed by atoms with Gasteiger partial charge in [-0.2, -0.15) is 0 Å². The number of amides is 1. The van der Waals surface area contributed by atoms with Crippen molar-refractivity contribution in [3.05, 3.63) is 0 Å². The molecule has 0 aliphatic carbocycles. The van der Waals surface area contributed by atoms with Crippen LogP contribution in [0, 0.1) is 5.41 Å². The summed E-state index contributed by atoms with van der Waals surface area (Å²) in [6.07, 6.45) is -0.672. The number of ether oxygens (including phenoxy) is 1. The first-order valence-electron chi connectivity index (χ1n) is 2.19. The average Bonchev–Trinajstić information content (AvgIpc) is 1.83. The molecular formula is C4H7N2O2S. The number of nitrogens with one attached hydrogen (secondary N) is 1. The molecule has 0 unspecified atom stereocenters. The van der Waals surface area contributed by atoms with E-state index < -0.39 is 6.09 Å². The van der Waals surface area contributed by atoms with Crippen molar-refractivity contribution in [3.63, 3.8) is 0 Å². The fourth-order valence-corrected chi connectivity index (χ4v) is 0.259.